The Bertz CT molecular complexity index is 673. The van der Waals surface area contributed by atoms with Crippen LogP contribution in [-0.2, 0) is 14.3 Å². The van der Waals surface area contributed by atoms with Gasteiger partial charge in [-0.15, -0.1) is 0 Å². The van der Waals surface area contributed by atoms with Gasteiger partial charge in [-0.1, -0.05) is 24.3 Å². The van der Waals surface area contributed by atoms with Crippen molar-refractivity contribution in [2.75, 3.05) is 0 Å². The zero-order chi connectivity index (χ0) is 16.0. The molecule has 1 aromatic carbocycles. The second-order valence-electron chi connectivity index (χ2n) is 4.66. The van der Waals surface area contributed by atoms with E-state index in [9.17, 15) is 9.59 Å². The predicted molar refractivity (Wildman–Crippen MR) is 77.2 cm³/mol. The Morgan fingerprint density at radius 2 is 2.05 bits per heavy atom. The average molecular weight is 298 g/mol. The van der Waals surface area contributed by atoms with E-state index in [1.807, 2.05) is 0 Å². The van der Waals surface area contributed by atoms with Crippen molar-refractivity contribution < 1.29 is 19.1 Å². The second kappa shape index (κ2) is 6.59. The number of amides is 1. The Balaban J connectivity index is 2.15. The molecule has 6 heteroatoms. The minimum atomic E-state index is -1.52. The molecule has 0 saturated carbocycles. The minimum absolute atomic E-state index is 0.0817. The third kappa shape index (κ3) is 3.52. The van der Waals surface area contributed by atoms with Crippen LogP contribution >= 0.6 is 0 Å². The fourth-order valence-electron chi connectivity index (χ4n) is 1.95. The molecule has 1 aromatic rings. The number of rotatable bonds is 4. The first kappa shape index (κ1) is 15.3. The van der Waals surface area contributed by atoms with Crippen molar-refractivity contribution in [1.82, 2.24) is 5.32 Å². The second-order valence-corrected chi connectivity index (χ2v) is 4.66. The highest BCUT2D eigenvalue weighted by Gasteiger charge is 2.41. The number of nitrogens with zero attached hydrogens (tertiary/aromatic N) is 1. The van der Waals surface area contributed by atoms with Gasteiger partial charge in [0.1, 0.15) is 5.75 Å². The zero-order valence-corrected chi connectivity index (χ0v) is 11.9. The molecule has 1 N–H and O–H groups in total. The molecule has 1 atom stereocenters. The van der Waals surface area contributed by atoms with E-state index < -0.39 is 11.6 Å². The third-order valence-corrected chi connectivity index (χ3v) is 3.00. The van der Waals surface area contributed by atoms with Crippen LogP contribution < -0.4 is 10.1 Å². The summed E-state index contributed by atoms with van der Waals surface area (Å²) in [6.07, 6.45) is 6.13. The lowest BCUT2D eigenvalue weighted by Gasteiger charge is -2.26. The topological polar surface area (TPSA) is 88.4 Å². The lowest BCUT2D eigenvalue weighted by atomic mass is 9.94. The summed E-state index contributed by atoms with van der Waals surface area (Å²) in [5, 5.41) is 11.4. The lowest BCUT2D eigenvalue weighted by Crippen LogP contribution is -2.43. The van der Waals surface area contributed by atoms with Crippen molar-refractivity contribution >= 4 is 11.9 Å². The highest BCUT2D eigenvalue weighted by molar-refractivity contribution is 5.85. The van der Waals surface area contributed by atoms with Gasteiger partial charge >= 0.3 is 5.97 Å². The maximum atomic E-state index is 12.3. The fraction of sp³-hybridized carbons (Fsp3) is 0.188. The molecule has 0 aliphatic heterocycles. The van der Waals surface area contributed by atoms with Crippen LogP contribution in [0.4, 0.5) is 0 Å². The van der Waals surface area contributed by atoms with Gasteiger partial charge in [0.2, 0.25) is 11.5 Å². The summed E-state index contributed by atoms with van der Waals surface area (Å²) in [4.78, 5) is 23.4. The molecule has 0 heterocycles. The minimum Gasteiger partial charge on any atom is -0.423 e. The molecule has 6 nitrogen and oxygen atoms in total. The van der Waals surface area contributed by atoms with Crippen molar-refractivity contribution in [3.8, 4) is 12.0 Å². The Kier molecular flexibility index (Phi) is 4.59. The quantitative estimate of drug-likeness (QED) is 0.520. The molecule has 1 amide bonds. The molecule has 2 rings (SSSR count). The van der Waals surface area contributed by atoms with Crippen molar-refractivity contribution in [3.05, 3.63) is 54.3 Å². The molecule has 0 aromatic heterocycles. The van der Waals surface area contributed by atoms with Crippen LogP contribution in [0.1, 0.15) is 13.3 Å². The number of nitriles is 1. The van der Waals surface area contributed by atoms with Crippen LogP contribution in [0.3, 0.4) is 0 Å². The SMILES string of the molecule is CC(=O)NC1=CCC(OC#N)(C(=O)Oc2ccccc2)C=C1. The van der Waals surface area contributed by atoms with Crippen molar-refractivity contribution in [1.29, 1.82) is 5.26 Å². The summed E-state index contributed by atoms with van der Waals surface area (Å²) < 4.78 is 10.2. The number of ether oxygens (including phenoxy) is 2. The first-order valence-corrected chi connectivity index (χ1v) is 6.57. The van der Waals surface area contributed by atoms with Crippen molar-refractivity contribution in [2.24, 2.45) is 0 Å². The largest absolute Gasteiger partial charge is 0.423 e. The van der Waals surface area contributed by atoms with E-state index in [-0.39, 0.29) is 12.3 Å². The normalized spacial score (nSPS) is 19.5. The van der Waals surface area contributed by atoms with Crippen molar-refractivity contribution in [2.45, 2.75) is 18.9 Å². The first-order valence-electron chi connectivity index (χ1n) is 6.57. The van der Waals surface area contributed by atoms with Crippen LogP contribution in [0.2, 0.25) is 0 Å². The van der Waals surface area contributed by atoms with Gasteiger partial charge < -0.3 is 14.8 Å². The van der Waals surface area contributed by atoms with Crippen molar-refractivity contribution in [3.63, 3.8) is 0 Å². The monoisotopic (exact) mass is 298 g/mol. The molecule has 0 radical (unpaired) electrons. The molecule has 0 spiro atoms. The van der Waals surface area contributed by atoms with Gasteiger partial charge in [-0.3, -0.25) is 4.79 Å². The highest BCUT2D eigenvalue weighted by atomic mass is 16.6. The first-order chi connectivity index (χ1) is 10.6. The Morgan fingerprint density at radius 3 is 2.59 bits per heavy atom. The molecule has 1 aliphatic carbocycles. The van der Waals surface area contributed by atoms with E-state index in [1.54, 1.807) is 36.4 Å². The molecule has 1 aliphatic rings. The van der Waals surface area contributed by atoms with E-state index >= 15 is 0 Å². The summed E-state index contributed by atoms with van der Waals surface area (Å²) >= 11 is 0. The number of esters is 1. The van der Waals surface area contributed by atoms with Gasteiger partial charge in [-0.2, -0.15) is 5.26 Å². The van der Waals surface area contributed by atoms with Crippen LogP contribution in [0.5, 0.6) is 5.75 Å². The summed E-state index contributed by atoms with van der Waals surface area (Å²) in [6, 6.07) is 8.51. The van der Waals surface area contributed by atoms with Gasteiger partial charge in [0.05, 0.1) is 0 Å². The van der Waals surface area contributed by atoms with E-state index in [1.165, 1.54) is 25.3 Å². The number of carbonyl (C=O) groups excluding carboxylic acids is 2. The standard InChI is InChI=1S/C16H14N2O4/c1-12(19)18-13-7-9-16(10-8-13,21-11-17)15(20)22-14-5-3-2-4-6-14/h2-9H,10H2,1H3,(H,18,19). The molecule has 112 valence electrons. The maximum Gasteiger partial charge on any atom is 0.361 e. The number of benzene rings is 1. The van der Waals surface area contributed by atoms with Gasteiger partial charge in [-0.25, -0.2) is 4.79 Å². The number of para-hydroxylation sites is 1. The van der Waals surface area contributed by atoms with Crippen LogP contribution in [0.15, 0.2) is 54.3 Å². The van der Waals surface area contributed by atoms with Crippen LogP contribution in [0, 0.1) is 11.5 Å². The summed E-state index contributed by atoms with van der Waals surface area (Å²) in [6.45, 7) is 1.38. The summed E-state index contributed by atoms with van der Waals surface area (Å²) in [5.41, 5.74) is -0.982. The zero-order valence-electron chi connectivity index (χ0n) is 11.9. The van der Waals surface area contributed by atoms with E-state index in [0.717, 1.165) is 0 Å². The summed E-state index contributed by atoms with van der Waals surface area (Å²) in [5.74, 6) is -0.565. The fourth-order valence-corrected chi connectivity index (χ4v) is 1.95. The molecule has 0 saturated heterocycles. The predicted octanol–water partition coefficient (Wildman–Crippen LogP) is 1.81. The highest BCUT2D eigenvalue weighted by Crippen LogP contribution is 2.27. The Hall–Kier alpha value is -3.07. The number of hydrogen-bond acceptors (Lipinski definition) is 5. The van der Waals surface area contributed by atoms with Gasteiger partial charge in [-0.05, 0) is 24.3 Å². The number of hydrogen-bond donors (Lipinski definition) is 1. The van der Waals surface area contributed by atoms with Crippen LogP contribution in [-0.4, -0.2) is 17.5 Å². The van der Waals surface area contributed by atoms with E-state index in [0.29, 0.717) is 11.4 Å². The Labute approximate surface area is 127 Å². The molecule has 0 fully saturated rings. The average Bonchev–Trinajstić information content (AvgIpc) is 2.50. The van der Waals surface area contributed by atoms with Gasteiger partial charge in [0.15, 0.2) is 0 Å². The molecular weight excluding hydrogens is 284 g/mol. The van der Waals surface area contributed by atoms with E-state index in [2.05, 4.69) is 5.32 Å². The van der Waals surface area contributed by atoms with Gasteiger partial charge in [0, 0.05) is 19.0 Å². The number of carbonyl (C=O) groups is 2. The number of nitrogens with one attached hydrogen (secondary N) is 1. The molecule has 22 heavy (non-hydrogen) atoms. The third-order valence-electron chi connectivity index (χ3n) is 3.00. The molecule has 0 bridgehead atoms. The van der Waals surface area contributed by atoms with Crippen LogP contribution in [0.25, 0.3) is 0 Å². The van der Waals surface area contributed by atoms with E-state index in [4.69, 9.17) is 14.7 Å². The smallest absolute Gasteiger partial charge is 0.361 e. The maximum absolute atomic E-state index is 12.3. The molecule has 1 unspecified atom stereocenters. The summed E-state index contributed by atoms with van der Waals surface area (Å²) in [7, 11) is 0. The lowest BCUT2D eigenvalue weighted by molar-refractivity contribution is -0.150. The van der Waals surface area contributed by atoms with Gasteiger partial charge in [0.25, 0.3) is 6.26 Å². The number of allylic oxidation sites excluding steroid dienone is 1. The molecular formula is C16H14N2O4. The Morgan fingerprint density at radius 1 is 1.32 bits per heavy atom.